The lowest BCUT2D eigenvalue weighted by atomic mass is 9.97. The molecule has 0 saturated heterocycles. The van der Waals surface area contributed by atoms with Crippen LogP contribution in [0.4, 0.5) is 5.82 Å². The number of benzene rings is 1. The van der Waals surface area contributed by atoms with Crippen LogP contribution in [-0.2, 0) is 23.0 Å². The molecule has 0 spiro atoms. The Morgan fingerprint density at radius 3 is 2.58 bits per heavy atom. The first-order chi connectivity index (χ1) is 15.9. The summed E-state index contributed by atoms with van der Waals surface area (Å²) in [6.07, 6.45) is 2.69. The normalized spacial score (nSPS) is 14.9. The molecule has 1 aromatic carbocycles. The van der Waals surface area contributed by atoms with Gasteiger partial charge in [-0.05, 0) is 55.2 Å². The number of fused-ring (bicyclic) bond motifs is 1. The van der Waals surface area contributed by atoms with Crippen LogP contribution in [0.5, 0.6) is 11.8 Å². The first-order valence-electron chi connectivity index (χ1n) is 10.7. The number of nitrogens with zero attached hydrogens (tertiary/aromatic N) is 4. The fraction of sp³-hybridized carbons (Fsp3) is 0.348. The molecule has 174 valence electrons. The topological polar surface area (TPSA) is 107 Å². The van der Waals surface area contributed by atoms with E-state index in [0.717, 1.165) is 29.7 Å². The van der Waals surface area contributed by atoms with Crippen molar-refractivity contribution in [2.75, 3.05) is 25.0 Å². The van der Waals surface area contributed by atoms with Crippen LogP contribution in [0.3, 0.4) is 0 Å². The van der Waals surface area contributed by atoms with Crippen LogP contribution < -0.4 is 14.2 Å². The molecule has 0 unspecified atom stereocenters. The quantitative estimate of drug-likeness (QED) is 0.536. The second-order valence-electron chi connectivity index (χ2n) is 7.76. The number of nitrogens with one attached hydrogen (secondary N) is 1. The van der Waals surface area contributed by atoms with Gasteiger partial charge in [-0.15, -0.1) is 10.2 Å². The molecule has 1 aliphatic rings. The highest BCUT2D eigenvalue weighted by Gasteiger charge is 2.24. The fourth-order valence-corrected chi connectivity index (χ4v) is 4.86. The number of aromatic nitrogens is 3. The lowest BCUT2D eigenvalue weighted by molar-refractivity contribution is 0.191. The first-order valence-corrected chi connectivity index (χ1v) is 12.2. The van der Waals surface area contributed by atoms with Gasteiger partial charge in [0, 0.05) is 37.5 Å². The van der Waals surface area contributed by atoms with E-state index in [4.69, 9.17) is 9.47 Å². The van der Waals surface area contributed by atoms with Gasteiger partial charge in [0.25, 0.3) is 10.0 Å². The number of methoxy groups -OCH3 is 1. The molecule has 3 aromatic rings. The number of ether oxygens (including phenoxy) is 2. The molecule has 10 heteroatoms. The molecule has 33 heavy (non-hydrogen) atoms. The molecule has 2 aromatic heterocycles. The van der Waals surface area contributed by atoms with Crippen molar-refractivity contribution in [1.29, 1.82) is 0 Å². The summed E-state index contributed by atoms with van der Waals surface area (Å²) in [5.74, 6) is 1.05. The minimum atomic E-state index is -3.80. The third-order valence-corrected chi connectivity index (χ3v) is 7.05. The van der Waals surface area contributed by atoms with Gasteiger partial charge >= 0.3 is 0 Å². The highest BCUT2D eigenvalue weighted by molar-refractivity contribution is 7.92. The van der Waals surface area contributed by atoms with Crippen LogP contribution in [0.1, 0.15) is 36.6 Å². The molecule has 0 saturated carbocycles. The van der Waals surface area contributed by atoms with Crippen LogP contribution in [0.15, 0.2) is 53.6 Å². The third kappa shape index (κ3) is 5.23. The van der Waals surface area contributed by atoms with Gasteiger partial charge in [-0.1, -0.05) is 12.1 Å². The Hall–Kier alpha value is -3.24. The van der Waals surface area contributed by atoms with Crippen LogP contribution in [0.2, 0.25) is 0 Å². The molecular formula is C23H27N5O4S. The van der Waals surface area contributed by atoms with Gasteiger partial charge in [0.1, 0.15) is 0 Å². The van der Waals surface area contributed by atoms with Crippen molar-refractivity contribution in [1.82, 2.24) is 20.1 Å². The zero-order valence-electron chi connectivity index (χ0n) is 18.9. The maximum absolute atomic E-state index is 12.9. The Labute approximate surface area is 193 Å². The van der Waals surface area contributed by atoms with Gasteiger partial charge in [0.2, 0.25) is 11.8 Å². The van der Waals surface area contributed by atoms with E-state index < -0.39 is 10.0 Å². The molecule has 0 fully saturated rings. The highest BCUT2D eigenvalue weighted by atomic mass is 32.2. The van der Waals surface area contributed by atoms with Gasteiger partial charge < -0.3 is 9.47 Å². The SMILES string of the molecule is CCOc1ccc([C@@H](C)N2CCc3ccc(S(=O)(=O)Nc4ccc(OC)nn4)cc3C2)cn1. The number of pyridine rings is 1. The zero-order chi connectivity index (χ0) is 23.4. The minimum absolute atomic E-state index is 0.131. The first kappa shape index (κ1) is 22.9. The van der Waals surface area contributed by atoms with Crippen LogP contribution >= 0.6 is 0 Å². The van der Waals surface area contributed by atoms with Gasteiger partial charge in [0.05, 0.1) is 18.6 Å². The Balaban J connectivity index is 1.50. The molecule has 0 amide bonds. The monoisotopic (exact) mass is 469 g/mol. The van der Waals surface area contributed by atoms with Crippen LogP contribution in [-0.4, -0.2) is 48.8 Å². The van der Waals surface area contributed by atoms with E-state index in [-0.39, 0.29) is 16.8 Å². The molecule has 0 radical (unpaired) electrons. The van der Waals surface area contributed by atoms with Gasteiger partial charge in [0.15, 0.2) is 5.82 Å². The van der Waals surface area contributed by atoms with E-state index in [1.54, 1.807) is 18.2 Å². The van der Waals surface area contributed by atoms with E-state index in [1.165, 1.54) is 13.2 Å². The minimum Gasteiger partial charge on any atom is -0.480 e. The van der Waals surface area contributed by atoms with Gasteiger partial charge in [-0.3, -0.25) is 9.62 Å². The summed E-state index contributed by atoms with van der Waals surface area (Å²) in [6, 6.07) is 12.4. The molecule has 1 atom stereocenters. The highest BCUT2D eigenvalue weighted by Crippen LogP contribution is 2.29. The Kier molecular flexibility index (Phi) is 6.75. The van der Waals surface area contributed by atoms with Crippen molar-refractivity contribution in [2.24, 2.45) is 0 Å². The number of rotatable bonds is 8. The standard InChI is InChI=1S/C23H27N5O4S/c1-4-32-22-9-6-18(14-24-22)16(2)28-12-11-17-5-7-20(13-19(17)15-28)33(29,30)27-21-8-10-23(31-3)26-25-21/h5-10,13-14,16H,4,11-12,15H2,1-3H3,(H,25,27)/t16-/m1/s1. The predicted molar refractivity (Wildman–Crippen MR) is 124 cm³/mol. The number of hydrogen-bond acceptors (Lipinski definition) is 8. The lowest BCUT2D eigenvalue weighted by Gasteiger charge is -2.34. The molecule has 0 aliphatic carbocycles. The number of hydrogen-bond donors (Lipinski definition) is 1. The third-order valence-electron chi connectivity index (χ3n) is 5.70. The molecule has 3 heterocycles. The fourth-order valence-electron chi connectivity index (χ4n) is 3.82. The zero-order valence-corrected chi connectivity index (χ0v) is 19.7. The Morgan fingerprint density at radius 2 is 1.91 bits per heavy atom. The number of sulfonamides is 1. The van der Waals surface area contributed by atoms with Crippen molar-refractivity contribution in [3.63, 3.8) is 0 Å². The van der Waals surface area contributed by atoms with E-state index >= 15 is 0 Å². The van der Waals surface area contributed by atoms with E-state index in [2.05, 4.69) is 31.7 Å². The molecule has 0 bridgehead atoms. The summed E-state index contributed by atoms with van der Waals surface area (Å²) < 4.78 is 38.7. The van der Waals surface area contributed by atoms with E-state index in [0.29, 0.717) is 24.9 Å². The van der Waals surface area contributed by atoms with Crippen molar-refractivity contribution < 1.29 is 17.9 Å². The number of anilines is 1. The molecule has 9 nitrogen and oxygen atoms in total. The lowest BCUT2D eigenvalue weighted by Crippen LogP contribution is -2.33. The summed E-state index contributed by atoms with van der Waals surface area (Å²) >= 11 is 0. The van der Waals surface area contributed by atoms with Crippen LogP contribution in [0, 0.1) is 0 Å². The Bertz CT molecular complexity index is 1200. The molecule has 1 aliphatic heterocycles. The van der Waals surface area contributed by atoms with Gasteiger partial charge in [-0.2, -0.15) is 0 Å². The van der Waals surface area contributed by atoms with Crippen LogP contribution in [0.25, 0.3) is 0 Å². The second-order valence-corrected chi connectivity index (χ2v) is 9.44. The van der Waals surface area contributed by atoms with Crippen molar-refractivity contribution >= 4 is 15.8 Å². The molecule has 1 N–H and O–H groups in total. The average Bonchev–Trinajstić information content (AvgIpc) is 2.84. The Morgan fingerprint density at radius 1 is 1.09 bits per heavy atom. The smallest absolute Gasteiger partial charge is 0.263 e. The van der Waals surface area contributed by atoms with Crippen molar-refractivity contribution in [3.05, 3.63) is 65.4 Å². The molecule has 4 rings (SSSR count). The summed E-state index contributed by atoms with van der Waals surface area (Å²) in [6.45, 7) is 6.17. The van der Waals surface area contributed by atoms with E-state index in [9.17, 15) is 8.42 Å². The van der Waals surface area contributed by atoms with Gasteiger partial charge in [-0.25, -0.2) is 13.4 Å². The van der Waals surface area contributed by atoms with Crippen molar-refractivity contribution in [2.45, 2.75) is 37.8 Å². The summed E-state index contributed by atoms with van der Waals surface area (Å²) in [7, 11) is -2.33. The summed E-state index contributed by atoms with van der Waals surface area (Å²) in [5, 5.41) is 7.65. The average molecular weight is 470 g/mol. The molecular weight excluding hydrogens is 442 g/mol. The summed E-state index contributed by atoms with van der Waals surface area (Å²) in [4.78, 5) is 6.88. The van der Waals surface area contributed by atoms with E-state index in [1.807, 2.05) is 31.3 Å². The summed E-state index contributed by atoms with van der Waals surface area (Å²) in [5.41, 5.74) is 3.24. The largest absolute Gasteiger partial charge is 0.480 e. The maximum atomic E-state index is 12.9. The van der Waals surface area contributed by atoms with Crippen molar-refractivity contribution in [3.8, 4) is 11.8 Å². The predicted octanol–water partition coefficient (Wildman–Crippen LogP) is 3.20. The maximum Gasteiger partial charge on any atom is 0.263 e. The second kappa shape index (κ2) is 9.72.